The van der Waals surface area contributed by atoms with Crippen LogP contribution in [-0.4, -0.2) is 16.1 Å². The van der Waals surface area contributed by atoms with E-state index in [1.54, 1.807) is 6.07 Å². The molecule has 0 fully saturated rings. The van der Waals surface area contributed by atoms with E-state index in [1.165, 1.54) is 5.56 Å². The summed E-state index contributed by atoms with van der Waals surface area (Å²) in [4.78, 5) is 14.2. The topological polar surface area (TPSA) is 53.1 Å². The lowest BCUT2D eigenvalue weighted by molar-refractivity contribution is 0.0691. The number of benzene rings is 3. The average molecular weight is 313 g/mol. The van der Waals surface area contributed by atoms with Gasteiger partial charge in [0.05, 0.1) is 5.52 Å². The van der Waals surface area contributed by atoms with Crippen molar-refractivity contribution in [3.8, 4) is 22.3 Å². The number of hydrogen-bond donors (Lipinski definition) is 2. The molecule has 0 amide bonds. The van der Waals surface area contributed by atoms with Crippen LogP contribution >= 0.6 is 0 Å². The molecule has 3 heteroatoms. The van der Waals surface area contributed by atoms with E-state index in [1.807, 2.05) is 36.4 Å². The Morgan fingerprint density at radius 3 is 2.12 bits per heavy atom. The molecule has 4 rings (SSSR count). The summed E-state index contributed by atoms with van der Waals surface area (Å²) in [5.74, 6) is -0.948. The van der Waals surface area contributed by atoms with Gasteiger partial charge in [-0.3, -0.25) is 0 Å². The minimum absolute atomic E-state index is 0.207. The van der Waals surface area contributed by atoms with E-state index in [4.69, 9.17) is 0 Å². The average Bonchev–Trinajstić information content (AvgIpc) is 3.07. The normalized spacial score (nSPS) is 10.8. The standard InChI is InChI=1S/C21H15NO2/c23-21(24)19-13-17-7-4-8-18(20(17)22-19)16-11-9-15(10-12-16)14-5-2-1-3-6-14/h1-13,22H,(H,23,24). The largest absolute Gasteiger partial charge is 0.477 e. The minimum atomic E-state index is -0.948. The van der Waals surface area contributed by atoms with Crippen LogP contribution in [0.4, 0.5) is 0 Å². The Morgan fingerprint density at radius 1 is 0.750 bits per heavy atom. The van der Waals surface area contributed by atoms with Gasteiger partial charge in [-0.2, -0.15) is 0 Å². The van der Waals surface area contributed by atoms with Crippen molar-refractivity contribution in [1.29, 1.82) is 0 Å². The molecule has 0 aliphatic heterocycles. The van der Waals surface area contributed by atoms with Gasteiger partial charge in [-0.1, -0.05) is 72.8 Å². The van der Waals surface area contributed by atoms with E-state index in [0.717, 1.165) is 27.6 Å². The molecule has 0 saturated carbocycles. The molecule has 0 aliphatic rings. The van der Waals surface area contributed by atoms with Crippen LogP contribution in [0.15, 0.2) is 78.9 Å². The first-order valence-electron chi connectivity index (χ1n) is 7.73. The van der Waals surface area contributed by atoms with Crippen LogP contribution in [0.2, 0.25) is 0 Å². The van der Waals surface area contributed by atoms with Gasteiger partial charge in [-0.15, -0.1) is 0 Å². The summed E-state index contributed by atoms with van der Waals surface area (Å²) in [7, 11) is 0. The summed E-state index contributed by atoms with van der Waals surface area (Å²) in [5.41, 5.74) is 5.44. The molecule has 1 heterocycles. The fraction of sp³-hybridized carbons (Fsp3) is 0. The number of rotatable bonds is 3. The number of carboxylic acids is 1. The third-order valence-electron chi connectivity index (χ3n) is 4.19. The van der Waals surface area contributed by atoms with Gasteiger partial charge in [-0.25, -0.2) is 4.79 Å². The van der Waals surface area contributed by atoms with Crippen LogP contribution in [-0.2, 0) is 0 Å². The first-order chi connectivity index (χ1) is 11.7. The molecule has 0 unspecified atom stereocenters. The maximum absolute atomic E-state index is 11.2. The molecule has 0 bridgehead atoms. The lowest BCUT2D eigenvalue weighted by atomic mass is 9.99. The number of fused-ring (bicyclic) bond motifs is 1. The van der Waals surface area contributed by atoms with Gasteiger partial charge in [0.25, 0.3) is 0 Å². The maximum Gasteiger partial charge on any atom is 0.352 e. The van der Waals surface area contributed by atoms with E-state index >= 15 is 0 Å². The predicted molar refractivity (Wildman–Crippen MR) is 96.1 cm³/mol. The first kappa shape index (κ1) is 14.3. The Balaban J connectivity index is 1.79. The quantitative estimate of drug-likeness (QED) is 0.546. The Morgan fingerprint density at radius 2 is 1.42 bits per heavy atom. The highest BCUT2D eigenvalue weighted by atomic mass is 16.4. The van der Waals surface area contributed by atoms with Crippen molar-refractivity contribution in [3.05, 3.63) is 84.6 Å². The molecule has 1 aromatic heterocycles. The fourth-order valence-corrected chi connectivity index (χ4v) is 2.98. The Hall–Kier alpha value is -3.33. The second kappa shape index (κ2) is 5.70. The molecule has 0 aliphatic carbocycles. The van der Waals surface area contributed by atoms with E-state index < -0.39 is 5.97 Å². The highest BCUT2D eigenvalue weighted by molar-refractivity contribution is 6.00. The monoisotopic (exact) mass is 313 g/mol. The van der Waals surface area contributed by atoms with Gasteiger partial charge >= 0.3 is 5.97 Å². The van der Waals surface area contributed by atoms with E-state index in [2.05, 4.69) is 41.4 Å². The van der Waals surface area contributed by atoms with Gasteiger partial charge in [0, 0.05) is 10.9 Å². The summed E-state index contributed by atoms with van der Waals surface area (Å²) >= 11 is 0. The van der Waals surface area contributed by atoms with Crippen molar-refractivity contribution < 1.29 is 9.90 Å². The van der Waals surface area contributed by atoms with E-state index in [-0.39, 0.29) is 5.69 Å². The number of carbonyl (C=O) groups is 1. The van der Waals surface area contributed by atoms with Gasteiger partial charge in [-0.05, 0) is 22.8 Å². The van der Waals surface area contributed by atoms with Crippen molar-refractivity contribution >= 4 is 16.9 Å². The third kappa shape index (κ3) is 2.46. The fourth-order valence-electron chi connectivity index (χ4n) is 2.98. The van der Waals surface area contributed by atoms with Gasteiger partial charge in [0.2, 0.25) is 0 Å². The molecule has 2 N–H and O–H groups in total. The molecule has 3 aromatic carbocycles. The number of aromatic carboxylic acids is 1. The van der Waals surface area contributed by atoms with Crippen LogP contribution in [0, 0.1) is 0 Å². The van der Waals surface area contributed by atoms with Crippen LogP contribution < -0.4 is 0 Å². The van der Waals surface area contributed by atoms with Crippen molar-refractivity contribution in [2.75, 3.05) is 0 Å². The Labute approximate surface area is 139 Å². The maximum atomic E-state index is 11.2. The van der Waals surface area contributed by atoms with Gasteiger partial charge in [0.1, 0.15) is 5.69 Å². The molecule has 3 nitrogen and oxygen atoms in total. The van der Waals surface area contributed by atoms with Crippen molar-refractivity contribution in [1.82, 2.24) is 4.98 Å². The number of H-pyrrole nitrogens is 1. The number of hydrogen-bond acceptors (Lipinski definition) is 1. The van der Waals surface area contributed by atoms with Crippen LogP contribution in [0.5, 0.6) is 0 Å². The summed E-state index contributed by atoms with van der Waals surface area (Å²) in [6.07, 6.45) is 0. The lowest BCUT2D eigenvalue weighted by Crippen LogP contribution is -1.95. The molecule has 0 radical (unpaired) electrons. The molecule has 4 aromatic rings. The summed E-state index contributed by atoms with van der Waals surface area (Å²) < 4.78 is 0. The minimum Gasteiger partial charge on any atom is -0.477 e. The molecule has 116 valence electrons. The zero-order valence-corrected chi connectivity index (χ0v) is 12.9. The lowest BCUT2D eigenvalue weighted by Gasteiger charge is -2.06. The number of aromatic amines is 1. The highest BCUT2D eigenvalue weighted by Crippen LogP contribution is 2.30. The smallest absolute Gasteiger partial charge is 0.352 e. The van der Waals surface area contributed by atoms with Crippen LogP contribution in [0.3, 0.4) is 0 Å². The van der Waals surface area contributed by atoms with Crippen LogP contribution in [0.25, 0.3) is 33.2 Å². The zero-order chi connectivity index (χ0) is 16.5. The Kier molecular flexibility index (Phi) is 3.39. The summed E-state index contributed by atoms with van der Waals surface area (Å²) in [6, 6.07) is 26.1. The Bertz CT molecular complexity index is 1010. The van der Waals surface area contributed by atoms with E-state index in [9.17, 15) is 9.90 Å². The molecule has 24 heavy (non-hydrogen) atoms. The van der Waals surface area contributed by atoms with Crippen molar-refractivity contribution in [3.63, 3.8) is 0 Å². The second-order valence-electron chi connectivity index (χ2n) is 5.70. The van der Waals surface area contributed by atoms with Crippen molar-refractivity contribution in [2.45, 2.75) is 0 Å². The number of para-hydroxylation sites is 1. The molecule has 0 spiro atoms. The highest BCUT2D eigenvalue weighted by Gasteiger charge is 2.11. The molecular formula is C21H15NO2. The molecule has 0 saturated heterocycles. The number of nitrogens with one attached hydrogen (secondary N) is 1. The summed E-state index contributed by atoms with van der Waals surface area (Å²) in [5, 5.41) is 10.1. The summed E-state index contributed by atoms with van der Waals surface area (Å²) in [6.45, 7) is 0. The van der Waals surface area contributed by atoms with Gasteiger partial charge in [0.15, 0.2) is 0 Å². The SMILES string of the molecule is O=C(O)c1cc2cccc(-c3ccc(-c4ccccc4)cc3)c2[nH]1. The molecular weight excluding hydrogens is 298 g/mol. The number of carboxylic acid groups (broad SMARTS) is 1. The zero-order valence-electron chi connectivity index (χ0n) is 12.9. The van der Waals surface area contributed by atoms with E-state index in [0.29, 0.717) is 0 Å². The van der Waals surface area contributed by atoms with Gasteiger partial charge < -0.3 is 10.1 Å². The first-order valence-corrected chi connectivity index (χ1v) is 7.73. The second-order valence-corrected chi connectivity index (χ2v) is 5.70. The third-order valence-corrected chi connectivity index (χ3v) is 4.19. The predicted octanol–water partition coefficient (Wildman–Crippen LogP) is 5.20. The molecule has 0 atom stereocenters. The van der Waals surface area contributed by atoms with Crippen LogP contribution in [0.1, 0.15) is 10.5 Å². The van der Waals surface area contributed by atoms with Crippen molar-refractivity contribution in [2.24, 2.45) is 0 Å². The number of aromatic nitrogens is 1.